The van der Waals surface area contributed by atoms with Crippen molar-refractivity contribution in [3.63, 3.8) is 0 Å². The fourth-order valence-corrected chi connectivity index (χ4v) is 5.17. The number of H-pyrrole nitrogens is 1. The number of carbonyl (C=O) groups excluding carboxylic acids is 1. The number of ether oxygens (including phenoxy) is 1. The molecule has 2 aliphatic rings. The number of aliphatic carboxylic acids is 1. The number of benzene rings is 2. The van der Waals surface area contributed by atoms with Crippen molar-refractivity contribution >= 4 is 44.2 Å². The number of carboxylic acid groups (broad SMARTS) is 1. The maximum atomic E-state index is 12.7. The summed E-state index contributed by atoms with van der Waals surface area (Å²) in [4.78, 5) is 27.5. The van der Waals surface area contributed by atoms with Gasteiger partial charge < -0.3 is 14.8 Å². The third-order valence-corrected chi connectivity index (χ3v) is 7.32. The number of aromatic amines is 1. The van der Waals surface area contributed by atoms with Gasteiger partial charge >= 0.3 is 12.1 Å². The SMILES string of the molecule is COc1ccc(C(=O)[C@H]2C[C@@H]2CN2CC=C(c3c[nH]c4cccc(Br)c34)CC2)cc1.O=C(O)C(F)(F)F. The van der Waals surface area contributed by atoms with Gasteiger partial charge in [-0.15, -0.1) is 0 Å². The van der Waals surface area contributed by atoms with Gasteiger partial charge in [0.25, 0.3) is 0 Å². The highest BCUT2D eigenvalue weighted by molar-refractivity contribution is 9.10. The molecule has 2 heterocycles. The van der Waals surface area contributed by atoms with E-state index in [-0.39, 0.29) is 11.7 Å². The van der Waals surface area contributed by atoms with Crippen LogP contribution in [0.5, 0.6) is 5.75 Å². The number of fused-ring (bicyclic) bond motifs is 1. The monoisotopic (exact) mass is 578 g/mol. The van der Waals surface area contributed by atoms with Crippen molar-refractivity contribution in [2.75, 3.05) is 26.7 Å². The number of Topliss-reactive ketones (excluding diaryl/α,β-unsaturated/α-hetero) is 1. The minimum atomic E-state index is -5.08. The summed E-state index contributed by atoms with van der Waals surface area (Å²) in [5, 5.41) is 8.39. The van der Waals surface area contributed by atoms with Crippen LogP contribution >= 0.6 is 15.9 Å². The van der Waals surface area contributed by atoms with Crippen LogP contribution in [-0.2, 0) is 4.79 Å². The summed E-state index contributed by atoms with van der Waals surface area (Å²) >= 11 is 3.70. The second kappa shape index (κ2) is 11.1. The highest BCUT2D eigenvalue weighted by atomic mass is 79.9. The predicted octanol–water partition coefficient (Wildman–Crippen LogP) is 6.18. The number of hydrogen-bond donors (Lipinski definition) is 2. The topological polar surface area (TPSA) is 82.6 Å². The second-order valence-corrected chi connectivity index (χ2v) is 9.96. The minimum absolute atomic E-state index is 0.174. The summed E-state index contributed by atoms with van der Waals surface area (Å²) in [5.41, 5.74) is 4.68. The standard InChI is InChI=1S/C25H25BrN2O2.C2HF3O2/c1-30-19-7-5-17(6-8-19)25(29)20-13-18(20)15-28-11-9-16(10-12-28)21-14-27-23-4-2-3-22(26)24(21)23;3-2(4,5)1(6)7/h2-9,14,18,20,27H,10-13,15H2,1H3;(H,6,7)/t18-,20+;/m1./s1. The van der Waals surface area contributed by atoms with E-state index >= 15 is 0 Å². The lowest BCUT2D eigenvalue weighted by molar-refractivity contribution is -0.192. The Hall–Kier alpha value is -3.11. The highest BCUT2D eigenvalue weighted by Gasteiger charge is 2.43. The number of ketones is 1. The first-order valence-electron chi connectivity index (χ1n) is 11.7. The summed E-state index contributed by atoms with van der Waals surface area (Å²) < 4.78 is 38.1. The molecule has 37 heavy (non-hydrogen) atoms. The number of hydrogen-bond acceptors (Lipinski definition) is 4. The molecule has 2 N–H and O–H groups in total. The number of nitrogens with zero attached hydrogens (tertiary/aromatic N) is 1. The third kappa shape index (κ3) is 6.42. The van der Waals surface area contributed by atoms with Crippen molar-refractivity contribution < 1.29 is 32.6 Å². The van der Waals surface area contributed by atoms with Crippen LogP contribution in [0.1, 0.15) is 28.8 Å². The fourth-order valence-electron chi connectivity index (χ4n) is 4.59. The van der Waals surface area contributed by atoms with Crippen LogP contribution in [0, 0.1) is 11.8 Å². The van der Waals surface area contributed by atoms with E-state index in [1.54, 1.807) is 7.11 Å². The molecule has 0 unspecified atom stereocenters. The Kier molecular flexibility index (Phi) is 8.08. The molecule has 2 aromatic carbocycles. The smallest absolute Gasteiger partial charge is 0.490 e. The first-order valence-corrected chi connectivity index (χ1v) is 12.5. The van der Waals surface area contributed by atoms with Crippen LogP contribution in [0.2, 0.25) is 0 Å². The zero-order chi connectivity index (χ0) is 26.7. The molecule has 0 radical (unpaired) electrons. The zero-order valence-electron chi connectivity index (χ0n) is 20.0. The molecule has 0 spiro atoms. The summed E-state index contributed by atoms with van der Waals surface area (Å²) in [6.07, 6.45) is 1.45. The number of carboxylic acids is 1. The van der Waals surface area contributed by atoms with Gasteiger partial charge in [-0.25, -0.2) is 4.79 Å². The largest absolute Gasteiger partial charge is 0.497 e. The molecule has 1 fully saturated rings. The van der Waals surface area contributed by atoms with Crippen LogP contribution in [0.15, 0.2) is 59.2 Å². The maximum absolute atomic E-state index is 12.7. The lowest BCUT2D eigenvalue weighted by Gasteiger charge is -2.26. The molecule has 0 saturated heterocycles. The number of methoxy groups -OCH3 is 1. The Morgan fingerprint density at radius 1 is 1.19 bits per heavy atom. The van der Waals surface area contributed by atoms with Crippen molar-refractivity contribution in [3.05, 3.63) is 70.3 Å². The summed E-state index contributed by atoms with van der Waals surface area (Å²) in [7, 11) is 1.64. The van der Waals surface area contributed by atoms with Crippen LogP contribution in [0.4, 0.5) is 13.2 Å². The van der Waals surface area contributed by atoms with E-state index in [9.17, 15) is 18.0 Å². The average Bonchev–Trinajstić information content (AvgIpc) is 3.50. The molecule has 1 aliphatic carbocycles. The molecule has 0 bridgehead atoms. The normalized spacial score (nSPS) is 19.5. The van der Waals surface area contributed by atoms with Gasteiger partial charge in [0.1, 0.15) is 5.75 Å². The summed E-state index contributed by atoms with van der Waals surface area (Å²) in [6, 6.07) is 13.8. The molecule has 196 valence electrons. The van der Waals surface area contributed by atoms with Crippen LogP contribution in [-0.4, -0.2) is 59.7 Å². The van der Waals surface area contributed by atoms with E-state index in [4.69, 9.17) is 14.6 Å². The number of aromatic nitrogens is 1. The van der Waals surface area contributed by atoms with Gasteiger partial charge in [0.2, 0.25) is 0 Å². The maximum Gasteiger partial charge on any atom is 0.490 e. The summed E-state index contributed by atoms with van der Waals surface area (Å²) in [6.45, 7) is 3.00. The molecule has 1 aromatic heterocycles. The van der Waals surface area contributed by atoms with Crippen molar-refractivity contribution in [3.8, 4) is 5.75 Å². The fraction of sp³-hybridized carbons (Fsp3) is 0.333. The second-order valence-electron chi connectivity index (χ2n) is 9.10. The molecule has 0 amide bonds. The van der Waals surface area contributed by atoms with Crippen LogP contribution in [0.3, 0.4) is 0 Å². The molecule has 2 atom stereocenters. The number of carbonyl (C=O) groups is 2. The van der Waals surface area contributed by atoms with E-state index in [1.165, 1.54) is 22.0 Å². The van der Waals surface area contributed by atoms with Crippen molar-refractivity contribution in [1.82, 2.24) is 9.88 Å². The Balaban J connectivity index is 0.000000405. The molecule has 6 nitrogen and oxygen atoms in total. The Labute approximate surface area is 220 Å². The quantitative estimate of drug-likeness (QED) is 0.341. The molecule has 1 aliphatic heterocycles. The van der Waals surface area contributed by atoms with Gasteiger partial charge in [0, 0.05) is 58.3 Å². The van der Waals surface area contributed by atoms with Crippen molar-refractivity contribution in [1.29, 1.82) is 0 Å². The lowest BCUT2D eigenvalue weighted by atomic mass is 9.98. The van der Waals surface area contributed by atoms with E-state index in [2.05, 4.69) is 56.3 Å². The minimum Gasteiger partial charge on any atom is -0.497 e. The Bertz CT molecular complexity index is 1320. The first kappa shape index (κ1) is 26.9. The van der Waals surface area contributed by atoms with Gasteiger partial charge in [0.05, 0.1) is 7.11 Å². The van der Waals surface area contributed by atoms with E-state index < -0.39 is 12.1 Å². The van der Waals surface area contributed by atoms with E-state index in [1.807, 2.05) is 24.3 Å². The molecule has 3 aromatic rings. The molecule has 1 saturated carbocycles. The third-order valence-electron chi connectivity index (χ3n) is 6.66. The van der Waals surface area contributed by atoms with Gasteiger partial charge in [-0.1, -0.05) is 28.1 Å². The zero-order valence-corrected chi connectivity index (χ0v) is 21.6. The summed E-state index contributed by atoms with van der Waals surface area (Å²) in [5.74, 6) is -1.03. The number of rotatable bonds is 6. The van der Waals surface area contributed by atoms with Gasteiger partial charge in [-0.3, -0.25) is 9.69 Å². The van der Waals surface area contributed by atoms with E-state index in [0.717, 1.165) is 48.3 Å². The van der Waals surface area contributed by atoms with Crippen LogP contribution < -0.4 is 4.74 Å². The number of halogens is 4. The van der Waals surface area contributed by atoms with E-state index in [0.29, 0.717) is 5.92 Å². The van der Waals surface area contributed by atoms with Crippen molar-refractivity contribution in [2.45, 2.75) is 19.0 Å². The first-order chi connectivity index (χ1) is 17.6. The Morgan fingerprint density at radius 3 is 2.49 bits per heavy atom. The van der Waals surface area contributed by atoms with Gasteiger partial charge in [-0.05, 0) is 60.7 Å². The van der Waals surface area contributed by atoms with Gasteiger partial charge in [0.15, 0.2) is 5.78 Å². The Morgan fingerprint density at radius 2 is 1.89 bits per heavy atom. The predicted molar refractivity (Wildman–Crippen MR) is 138 cm³/mol. The number of alkyl halides is 3. The average molecular weight is 579 g/mol. The van der Waals surface area contributed by atoms with Crippen molar-refractivity contribution in [2.24, 2.45) is 11.8 Å². The van der Waals surface area contributed by atoms with Crippen LogP contribution in [0.25, 0.3) is 16.5 Å². The van der Waals surface area contributed by atoms with Gasteiger partial charge in [-0.2, -0.15) is 13.2 Å². The number of nitrogens with one attached hydrogen (secondary N) is 1. The molecular weight excluding hydrogens is 553 g/mol. The highest BCUT2D eigenvalue weighted by Crippen LogP contribution is 2.42. The molecule has 5 rings (SSSR count). The molecule has 10 heteroatoms. The molecular formula is C27H26BrF3N2O4. The lowest BCUT2D eigenvalue weighted by Crippen LogP contribution is -2.31.